The van der Waals surface area contributed by atoms with Gasteiger partial charge in [-0.2, -0.15) is 10.3 Å². The van der Waals surface area contributed by atoms with E-state index in [2.05, 4.69) is 15.4 Å². The van der Waals surface area contributed by atoms with Gasteiger partial charge in [-0.1, -0.05) is 23.9 Å². The van der Waals surface area contributed by atoms with Crippen LogP contribution in [0.15, 0.2) is 23.4 Å². The molecule has 0 saturated carbocycles. The second-order valence-corrected chi connectivity index (χ2v) is 6.00. The number of aryl methyl sites for hydroxylation is 2. The zero-order chi connectivity index (χ0) is 14.7. The highest BCUT2D eigenvalue weighted by atomic mass is 32.2. The Morgan fingerprint density at radius 3 is 2.65 bits per heavy atom. The Kier molecular flexibility index (Phi) is 4.44. The number of hydrogen-bond donors (Lipinski definition) is 1. The van der Waals surface area contributed by atoms with Gasteiger partial charge < -0.3 is 4.74 Å². The second kappa shape index (κ2) is 6.09. The first kappa shape index (κ1) is 14.6. The minimum atomic E-state index is -0.348. The monoisotopic (exact) mass is 291 g/mol. The molecule has 0 spiro atoms. The van der Waals surface area contributed by atoms with Gasteiger partial charge in [-0.3, -0.25) is 4.79 Å². The Labute approximate surface area is 122 Å². The molecule has 6 heteroatoms. The lowest BCUT2D eigenvalue weighted by Gasteiger charge is -2.14. The molecule has 0 radical (unpaired) electrons. The zero-order valence-electron chi connectivity index (χ0n) is 11.9. The van der Waals surface area contributed by atoms with Crippen LogP contribution in [0.1, 0.15) is 23.6 Å². The third-order valence-corrected chi connectivity index (χ3v) is 4.08. The lowest BCUT2D eigenvalue weighted by atomic mass is 10.1. The highest BCUT2D eigenvalue weighted by molar-refractivity contribution is 8.00. The standard InChI is InChI=1S/C14H17N3O2S/c1-8-5-6-9(2)13(10(8)3)19-14(18)11(4)20-12-7-15-17-16-12/h5-7,11H,1-4H3,(H,15,16,17). The summed E-state index contributed by atoms with van der Waals surface area (Å²) in [6.07, 6.45) is 1.58. The molecule has 0 aliphatic heterocycles. The van der Waals surface area contributed by atoms with Crippen molar-refractivity contribution in [1.82, 2.24) is 15.4 Å². The number of nitrogens with zero attached hydrogens (tertiary/aromatic N) is 2. The number of carbonyl (C=O) groups is 1. The molecule has 2 rings (SSSR count). The molecule has 0 fully saturated rings. The van der Waals surface area contributed by atoms with Crippen molar-refractivity contribution >= 4 is 17.7 Å². The lowest BCUT2D eigenvalue weighted by molar-refractivity contribution is -0.133. The third-order valence-electron chi connectivity index (χ3n) is 3.10. The van der Waals surface area contributed by atoms with Gasteiger partial charge in [0.2, 0.25) is 0 Å². The predicted octanol–water partition coefficient (Wildman–Crippen LogP) is 2.82. The molecule has 1 N–H and O–H groups in total. The summed E-state index contributed by atoms with van der Waals surface area (Å²) < 4.78 is 5.55. The van der Waals surface area contributed by atoms with Crippen LogP contribution in [0.25, 0.3) is 0 Å². The number of hydrogen-bond acceptors (Lipinski definition) is 5. The number of H-pyrrole nitrogens is 1. The molecule has 0 aliphatic rings. The fourth-order valence-electron chi connectivity index (χ4n) is 1.74. The van der Waals surface area contributed by atoms with Crippen LogP contribution in [0.5, 0.6) is 5.75 Å². The Morgan fingerprint density at radius 2 is 2.00 bits per heavy atom. The average Bonchev–Trinajstić information content (AvgIpc) is 2.91. The van der Waals surface area contributed by atoms with Crippen molar-refractivity contribution < 1.29 is 9.53 Å². The molecule has 1 unspecified atom stereocenters. The highest BCUT2D eigenvalue weighted by Crippen LogP contribution is 2.28. The Hall–Kier alpha value is -1.82. The largest absolute Gasteiger partial charge is 0.425 e. The van der Waals surface area contributed by atoms with Crippen molar-refractivity contribution in [2.24, 2.45) is 0 Å². The molecule has 0 bridgehead atoms. The van der Waals surface area contributed by atoms with Crippen LogP contribution >= 0.6 is 11.8 Å². The van der Waals surface area contributed by atoms with E-state index in [0.29, 0.717) is 10.8 Å². The van der Waals surface area contributed by atoms with Gasteiger partial charge in [0.1, 0.15) is 16.0 Å². The van der Waals surface area contributed by atoms with Crippen molar-refractivity contribution in [1.29, 1.82) is 0 Å². The van der Waals surface area contributed by atoms with Gasteiger partial charge in [-0.15, -0.1) is 5.10 Å². The molecular weight excluding hydrogens is 274 g/mol. The number of nitrogens with one attached hydrogen (secondary N) is 1. The van der Waals surface area contributed by atoms with Crippen molar-refractivity contribution in [3.63, 3.8) is 0 Å². The molecule has 1 aromatic carbocycles. The summed E-state index contributed by atoms with van der Waals surface area (Å²) in [5, 5.41) is 10.5. The van der Waals surface area contributed by atoms with E-state index in [1.807, 2.05) is 32.9 Å². The van der Waals surface area contributed by atoms with Crippen LogP contribution in [0.3, 0.4) is 0 Å². The Morgan fingerprint density at radius 1 is 1.30 bits per heavy atom. The van der Waals surface area contributed by atoms with E-state index in [0.717, 1.165) is 16.7 Å². The summed E-state index contributed by atoms with van der Waals surface area (Å²) in [6.45, 7) is 7.69. The summed E-state index contributed by atoms with van der Waals surface area (Å²) in [6, 6.07) is 3.98. The first-order valence-electron chi connectivity index (χ1n) is 6.30. The number of esters is 1. The Balaban J connectivity index is 2.10. The topological polar surface area (TPSA) is 67.9 Å². The molecule has 0 saturated heterocycles. The molecule has 0 aliphatic carbocycles. The average molecular weight is 291 g/mol. The van der Waals surface area contributed by atoms with E-state index in [1.165, 1.54) is 11.8 Å². The van der Waals surface area contributed by atoms with Gasteiger partial charge >= 0.3 is 5.97 Å². The van der Waals surface area contributed by atoms with Crippen LogP contribution in [0, 0.1) is 20.8 Å². The molecule has 2 aromatic rings. The number of benzene rings is 1. The van der Waals surface area contributed by atoms with E-state index >= 15 is 0 Å². The van der Waals surface area contributed by atoms with Gasteiger partial charge in [-0.25, -0.2) is 0 Å². The van der Waals surface area contributed by atoms with Crippen molar-refractivity contribution in [2.45, 2.75) is 38.0 Å². The molecule has 0 amide bonds. The van der Waals surface area contributed by atoms with Crippen LogP contribution in [0.4, 0.5) is 0 Å². The summed E-state index contributed by atoms with van der Waals surface area (Å²) >= 11 is 1.31. The maximum Gasteiger partial charge on any atom is 0.324 e. The molecule has 1 heterocycles. The van der Waals surface area contributed by atoms with E-state index in [1.54, 1.807) is 13.1 Å². The molecule has 5 nitrogen and oxygen atoms in total. The number of aromatic nitrogens is 3. The smallest absolute Gasteiger partial charge is 0.324 e. The number of thioether (sulfide) groups is 1. The predicted molar refractivity (Wildman–Crippen MR) is 78.0 cm³/mol. The number of ether oxygens (including phenoxy) is 1. The molecular formula is C14H17N3O2S. The maximum absolute atomic E-state index is 12.2. The molecule has 20 heavy (non-hydrogen) atoms. The van der Waals surface area contributed by atoms with Gasteiger partial charge in [0.15, 0.2) is 0 Å². The van der Waals surface area contributed by atoms with Gasteiger partial charge in [0.05, 0.1) is 6.20 Å². The van der Waals surface area contributed by atoms with E-state index in [4.69, 9.17) is 4.74 Å². The third kappa shape index (κ3) is 3.19. The number of rotatable bonds is 4. The fourth-order valence-corrected chi connectivity index (χ4v) is 2.46. The quantitative estimate of drug-likeness (QED) is 0.533. The van der Waals surface area contributed by atoms with Gasteiger partial charge in [-0.05, 0) is 44.4 Å². The van der Waals surface area contributed by atoms with Crippen LogP contribution in [-0.2, 0) is 4.79 Å². The van der Waals surface area contributed by atoms with E-state index in [-0.39, 0.29) is 11.2 Å². The number of carbonyl (C=O) groups excluding carboxylic acids is 1. The van der Waals surface area contributed by atoms with Crippen LogP contribution in [-0.4, -0.2) is 26.6 Å². The zero-order valence-corrected chi connectivity index (χ0v) is 12.7. The minimum absolute atomic E-state index is 0.283. The van der Waals surface area contributed by atoms with Crippen LogP contribution < -0.4 is 4.74 Å². The van der Waals surface area contributed by atoms with Gasteiger partial charge in [0, 0.05) is 0 Å². The Bertz CT molecular complexity index is 611. The molecule has 1 atom stereocenters. The first-order valence-corrected chi connectivity index (χ1v) is 7.18. The van der Waals surface area contributed by atoms with Crippen LogP contribution in [0.2, 0.25) is 0 Å². The summed E-state index contributed by atoms with van der Waals surface area (Å²) in [5.41, 5.74) is 3.06. The molecule has 1 aromatic heterocycles. The summed E-state index contributed by atoms with van der Waals surface area (Å²) in [4.78, 5) is 12.2. The minimum Gasteiger partial charge on any atom is -0.425 e. The first-order chi connectivity index (χ1) is 9.49. The number of aromatic amines is 1. The highest BCUT2D eigenvalue weighted by Gasteiger charge is 2.20. The summed E-state index contributed by atoms with van der Waals surface area (Å²) in [5.74, 6) is 0.373. The van der Waals surface area contributed by atoms with Crippen molar-refractivity contribution in [3.8, 4) is 5.75 Å². The normalized spacial score (nSPS) is 12.2. The van der Waals surface area contributed by atoms with Crippen molar-refractivity contribution in [3.05, 3.63) is 35.0 Å². The summed E-state index contributed by atoms with van der Waals surface area (Å²) in [7, 11) is 0. The fraction of sp³-hybridized carbons (Fsp3) is 0.357. The SMILES string of the molecule is Cc1ccc(C)c(OC(=O)C(C)Sc2cn[nH]n2)c1C. The van der Waals surface area contributed by atoms with E-state index in [9.17, 15) is 4.79 Å². The van der Waals surface area contributed by atoms with Crippen molar-refractivity contribution in [2.75, 3.05) is 0 Å². The molecule has 106 valence electrons. The lowest BCUT2D eigenvalue weighted by Crippen LogP contribution is -2.21. The van der Waals surface area contributed by atoms with E-state index < -0.39 is 0 Å². The second-order valence-electron chi connectivity index (χ2n) is 4.64. The maximum atomic E-state index is 12.2. The van der Waals surface area contributed by atoms with Gasteiger partial charge in [0.25, 0.3) is 0 Å².